The molecule has 3 N–H and O–H groups in total. The molecule has 1 unspecified atom stereocenters. The topological polar surface area (TPSA) is 120 Å². The third-order valence-electron chi connectivity index (χ3n) is 3.24. The van der Waals surface area contributed by atoms with Crippen LogP contribution in [0.4, 0.5) is 0 Å². The predicted octanol–water partition coefficient (Wildman–Crippen LogP) is 3.19. The van der Waals surface area contributed by atoms with Crippen LogP contribution in [0.3, 0.4) is 0 Å². The van der Waals surface area contributed by atoms with Crippen LogP contribution in [0.15, 0.2) is 35.5 Å². The van der Waals surface area contributed by atoms with Gasteiger partial charge in [-0.1, -0.05) is 35.0 Å². The van der Waals surface area contributed by atoms with E-state index in [4.69, 9.17) is 38.8 Å². The Labute approximate surface area is 162 Å². The summed E-state index contributed by atoms with van der Waals surface area (Å²) < 4.78 is 4.71. The lowest BCUT2D eigenvalue weighted by Gasteiger charge is -2.17. The molecule has 0 radical (unpaired) electrons. The Hall–Kier alpha value is -2.29. The summed E-state index contributed by atoms with van der Waals surface area (Å²) in [6, 6.07) is 5.51. The molecule has 1 atom stereocenters. The van der Waals surface area contributed by atoms with Gasteiger partial charge in [-0.25, -0.2) is 14.6 Å². The maximum Gasteiger partial charge on any atom is 0.339 e. The summed E-state index contributed by atoms with van der Waals surface area (Å²) in [6.07, 6.45) is 1.15. The molecule has 136 valence electrons. The number of carboxylic acids is 1. The van der Waals surface area contributed by atoms with Gasteiger partial charge in [-0.2, -0.15) is 0 Å². The zero-order chi connectivity index (χ0) is 19.4. The van der Waals surface area contributed by atoms with Gasteiger partial charge in [0.25, 0.3) is 0 Å². The Bertz CT molecular complexity index is 874. The van der Waals surface area contributed by atoms with Crippen molar-refractivity contribution in [2.45, 2.75) is 10.3 Å². The van der Waals surface area contributed by atoms with Crippen molar-refractivity contribution in [3.63, 3.8) is 0 Å². The highest BCUT2D eigenvalue weighted by Gasteiger charge is 2.28. The van der Waals surface area contributed by atoms with Crippen LogP contribution in [0, 0.1) is 0 Å². The largest absolute Gasteiger partial charge is 0.478 e. The molecule has 0 saturated heterocycles. The van der Waals surface area contributed by atoms with Crippen molar-refractivity contribution in [2.75, 3.05) is 7.11 Å². The van der Waals surface area contributed by atoms with Gasteiger partial charge in [-0.05, 0) is 29.8 Å². The molecule has 0 saturated carbocycles. The number of rotatable bonds is 6. The first-order valence-corrected chi connectivity index (χ1v) is 8.60. The minimum Gasteiger partial charge on any atom is -0.478 e. The number of ether oxygens (including phenoxy) is 1. The van der Waals surface area contributed by atoms with E-state index in [0.29, 0.717) is 5.03 Å². The minimum atomic E-state index is -1.13. The van der Waals surface area contributed by atoms with Crippen molar-refractivity contribution in [3.05, 3.63) is 57.2 Å². The highest BCUT2D eigenvalue weighted by atomic mass is 35.5. The van der Waals surface area contributed by atoms with Crippen molar-refractivity contribution in [2.24, 2.45) is 5.73 Å². The van der Waals surface area contributed by atoms with Crippen LogP contribution in [-0.2, 0) is 9.53 Å². The van der Waals surface area contributed by atoms with Crippen LogP contribution in [0.25, 0.3) is 0 Å². The van der Waals surface area contributed by atoms with Crippen LogP contribution in [0.2, 0.25) is 10.0 Å². The first-order chi connectivity index (χ1) is 12.2. The number of primary amides is 1. The van der Waals surface area contributed by atoms with Gasteiger partial charge in [-0.3, -0.25) is 4.79 Å². The Morgan fingerprint density at radius 2 is 1.96 bits per heavy atom. The van der Waals surface area contributed by atoms with E-state index in [1.54, 1.807) is 0 Å². The van der Waals surface area contributed by atoms with E-state index in [0.717, 1.165) is 18.0 Å². The number of esters is 1. The van der Waals surface area contributed by atoms with E-state index in [2.05, 4.69) is 4.98 Å². The van der Waals surface area contributed by atoms with Gasteiger partial charge >= 0.3 is 11.9 Å². The van der Waals surface area contributed by atoms with Crippen molar-refractivity contribution in [1.29, 1.82) is 0 Å². The number of amides is 1. The van der Waals surface area contributed by atoms with Crippen LogP contribution < -0.4 is 5.73 Å². The summed E-state index contributed by atoms with van der Waals surface area (Å²) in [5.74, 6) is -2.64. The first-order valence-electron chi connectivity index (χ1n) is 6.97. The summed E-state index contributed by atoms with van der Waals surface area (Å²) in [5, 5.41) is 8.40. The van der Waals surface area contributed by atoms with Crippen LogP contribution in [-0.4, -0.2) is 35.0 Å². The second-order valence-corrected chi connectivity index (χ2v) is 6.90. The van der Waals surface area contributed by atoms with Gasteiger partial charge in [-0.15, -0.1) is 0 Å². The molecule has 26 heavy (non-hydrogen) atoms. The fourth-order valence-electron chi connectivity index (χ4n) is 2.09. The Morgan fingerprint density at radius 1 is 1.27 bits per heavy atom. The van der Waals surface area contributed by atoms with E-state index in [1.165, 1.54) is 31.4 Å². The van der Waals surface area contributed by atoms with Gasteiger partial charge in [0, 0.05) is 11.2 Å². The number of carboxylic acid groups (broad SMARTS) is 1. The second kappa shape index (κ2) is 8.39. The number of aromatic nitrogens is 1. The molecule has 0 aliphatic rings. The lowest BCUT2D eigenvalue weighted by molar-refractivity contribution is -0.117. The molecule has 2 rings (SSSR count). The number of hydrogen-bond acceptors (Lipinski definition) is 6. The van der Waals surface area contributed by atoms with Crippen molar-refractivity contribution >= 4 is 52.8 Å². The lowest BCUT2D eigenvalue weighted by Crippen LogP contribution is -2.22. The molecule has 0 aliphatic heterocycles. The number of hydrogen-bond donors (Lipinski definition) is 2. The minimum absolute atomic E-state index is 0.00831. The molecule has 1 amide bonds. The number of nitrogens with zero attached hydrogens (tertiary/aromatic N) is 1. The molecule has 0 bridgehead atoms. The zero-order valence-electron chi connectivity index (χ0n) is 13.2. The number of thioether (sulfide) groups is 1. The summed E-state index contributed by atoms with van der Waals surface area (Å²) in [7, 11) is 1.18. The van der Waals surface area contributed by atoms with Crippen molar-refractivity contribution < 1.29 is 24.2 Å². The van der Waals surface area contributed by atoms with E-state index in [-0.39, 0.29) is 26.7 Å². The second-order valence-electron chi connectivity index (χ2n) is 4.93. The van der Waals surface area contributed by atoms with Gasteiger partial charge in [0.05, 0.1) is 28.3 Å². The monoisotopic (exact) mass is 414 g/mol. The molecule has 0 aliphatic carbocycles. The van der Waals surface area contributed by atoms with Gasteiger partial charge in [0.15, 0.2) is 0 Å². The highest BCUT2D eigenvalue weighted by molar-refractivity contribution is 8.00. The molecular formula is C16H12Cl2N2O5S. The SMILES string of the molecule is COC(=O)c1c(Cl)cc(Cl)cc1C(Sc1ccc(C(=O)O)cn1)C(N)=O. The van der Waals surface area contributed by atoms with Crippen molar-refractivity contribution in [1.82, 2.24) is 4.98 Å². The zero-order valence-corrected chi connectivity index (χ0v) is 15.6. The Kier molecular flexibility index (Phi) is 6.47. The summed E-state index contributed by atoms with van der Waals surface area (Å²) in [6.45, 7) is 0. The van der Waals surface area contributed by atoms with Crippen LogP contribution in [0.1, 0.15) is 31.5 Å². The normalized spacial score (nSPS) is 11.7. The number of nitrogens with two attached hydrogens (primary N) is 1. The molecule has 1 heterocycles. The third kappa shape index (κ3) is 4.46. The average molecular weight is 415 g/mol. The molecule has 2 aromatic rings. The van der Waals surface area contributed by atoms with Crippen LogP contribution in [0.5, 0.6) is 0 Å². The Morgan fingerprint density at radius 3 is 2.46 bits per heavy atom. The third-order valence-corrected chi connectivity index (χ3v) is 4.96. The maximum atomic E-state index is 12.1. The molecule has 10 heteroatoms. The van der Waals surface area contributed by atoms with E-state index < -0.39 is 23.1 Å². The number of benzene rings is 1. The fraction of sp³-hybridized carbons (Fsp3) is 0.125. The Balaban J connectivity index is 2.49. The average Bonchev–Trinajstić information content (AvgIpc) is 2.58. The summed E-state index contributed by atoms with van der Waals surface area (Å²) >= 11 is 13.0. The smallest absolute Gasteiger partial charge is 0.339 e. The number of pyridine rings is 1. The quantitative estimate of drug-likeness (QED) is 0.549. The van der Waals surface area contributed by atoms with E-state index in [1.807, 2.05) is 0 Å². The van der Waals surface area contributed by atoms with Gasteiger partial charge in [0.1, 0.15) is 5.25 Å². The molecular weight excluding hydrogens is 403 g/mol. The summed E-state index contributed by atoms with van der Waals surface area (Å²) in [5.41, 5.74) is 5.62. The number of halogens is 2. The molecule has 1 aromatic carbocycles. The van der Waals surface area contributed by atoms with Crippen molar-refractivity contribution in [3.8, 4) is 0 Å². The predicted molar refractivity (Wildman–Crippen MR) is 96.8 cm³/mol. The number of aromatic carboxylic acids is 1. The maximum absolute atomic E-state index is 12.1. The fourth-order valence-corrected chi connectivity index (χ4v) is 3.61. The van der Waals surface area contributed by atoms with E-state index in [9.17, 15) is 14.4 Å². The summed E-state index contributed by atoms with van der Waals surface area (Å²) in [4.78, 5) is 38.9. The van der Waals surface area contributed by atoms with Gasteiger partial charge < -0.3 is 15.6 Å². The lowest BCUT2D eigenvalue weighted by atomic mass is 10.0. The highest BCUT2D eigenvalue weighted by Crippen LogP contribution is 2.39. The molecule has 1 aromatic heterocycles. The molecule has 0 spiro atoms. The first kappa shape index (κ1) is 20.0. The van der Waals surface area contributed by atoms with E-state index >= 15 is 0 Å². The molecule has 0 fully saturated rings. The molecule has 7 nitrogen and oxygen atoms in total. The standard InChI is InChI=1S/C16H12Cl2N2O5S/c1-25-16(24)12-9(4-8(17)5-10(12)18)13(14(19)21)26-11-3-2-7(6-20-11)15(22)23/h2-6,13H,1H3,(H2,19,21)(H,22,23). The number of carbonyl (C=O) groups excluding carboxylic acids is 2. The van der Waals surface area contributed by atoms with Crippen LogP contribution >= 0.6 is 35.0 Å². The van der Waals surface area contributed by atoms with Gasteiger partial charge in [0.2, 0.25) is 5.91 Å². The number of methoxy groups -OCH3 is 1. The number of carbonyl (C=O) groups is 3.